The molecule has 0 aromatic heterocycles. The Hall–Kier alpha value is -0.600. The number of aryl methyl sites for hydroxylation is 1. The van der Waals surface area contributed by atoms with Crippen LogP contribution in [0.25, 0.3) is 0 Å². The average Bonchev–Trinajstić information content (AvgIpc) is 2.17. The molecule has 0 radical (unpaired) electrons. The second-order valence-electron chi connectivity index (χ2n) is 3.22. The van der Waals surface area contributed by atoms with Gasteiger partial charge in [-0.15, -0.1) is 11.6 Å². The molecule has 0 bridgehead atoms. The van der Waals surface area contributed by atoms with Gasteiger partial charge in [0.05, 0.1) is 12.0 Å². The minimum Gasteiger partial charge on any atom is -0.383 e. The first-order valence-electron chi connectivity index (χ1n) is 4.60. The molecule has 1 aromatic rings. The Morgan fingerprint density at radius 1 is 1.36 bits per heavy atom. The van der Waals surface area contributed by atoms with Gasteiger partial charge in [-0.05, 0) is 30.5 Å². The second kappa shape index (κ2) is 5.99. The number of hydrogen-bond donors (Lipinski definition) is 0. The molecule has 1 atom stereocenters. The van der Waals surface area contributed by atoms with Gasteiger partial charge in [-0.1, -0.05) is 12.1 Å². The van der Waals surface area contributed by atoms with Crippen LogP contribution in [0.5, 0.6) is 0 Å². The van der Waals surface area contributed by atoms with E-state index in [1.165, 1.54) is 12.1 Å². The molecule has 0 saturated heterocycles. The van der Waals surface area contributed by atoms with Crippen LogP contribution in [0.4, 0.5) is 4.39 Å². The maximum absolute atomic E-state index is 12.6. The molecule has 1 unspecified atom stereocenters. The number of benzene rings is 1. The predicted molar refractivity (Wildman–Crippen MR) is 56.2 cm³/mol. The smallest absolute Gasteiger partial charge is 0.123 e. The highest BCUT2D eigenvalue weighted by molar-refractivity contribution is 6.20. The van der Waals surface area contributed by atoms with Crippen LogP contribution < -0.4 is 0 Å². The summed E-state index contributed by atoms with van der Waals surface area (Å²) in [6.07, 6.45) is 1.71. The average molecular weight is 217 g/mol. The van der Waals surface area contributed by atoms with Crippen LogP contribution in [-0.4, -0.2) is 19.1 Å². The molecule has 0 N–H and O–H groups in total. The van der Waals surface area contributed by atoms with Crippen LogP contribution in [0.1, 0.15) is 12.0 Å². The monoisotopic (exact) mass is 216 g/mol. The standard InChI is InChI=1S/C11H14ClFO/c1-14-8-10(12)5-2-9-3-6-11(13)7-4-9/h3-4,6-7,10H,2,5,8H2,1H3. The van der Waals surface area contributed by atoms with Gasteiger partial charge in [0.25, 0.3) is 0 Å². The van der Waals surface area contributed by atoms with Crippen LogP contribution in [0.2, 0.25) is 0 Å². The molecule has 0 saturated carbocycles. The molecule has 0 spiro atoms. The van der Waals surface area contributed by atoms with E-state index >= 15 is 0 Å². The molecule has 78 valence electrons. The number of rotatable bonds is 5. The van der Waals surface area contributed by atoms with E-state index in [1.807, 2.05) is 0 Å². The first-order valence-corrected chi connectivity index (χ1v) is 5.03. The lowest BCUT2D eigenvalue weighted by Crippen LogP contribution is -2.08. The largest absolute Gasteiger partial charge is 0.383 e. The minimum absolute atomic E-state index is 0.0325. The van der Waals surface area contributed by atoms with Crippen LogP contribution >= 0.6 is 11.6 Å². The van der Waals surface area contributed by atoms with Crippen molar-refractivity contribution in [3.05, 3.63) is 35.6 Å². The quantitative estimate of drug-likeness (QED) is 0.688. The Morgan fingerprint density at radius 3 is 2.57 bits per heavy atom. The minimum atomic E-state index is -0.201. The van der Waals surface area contributed by atoms with E-state index in [0.29, 0.717) is 6.61 Å². The van der Waals surface area contributed by atoms with E-state index in [2.05, 4.69) is 0 Å². The number of alkyl halides is 1. The van der Waals surface area contributed by atoms with Crippen LogP contribution in [0.3, 0.4) is 0 Å². The molecule has 0 amide bonds. The predicted octanol–water partition coefficient (Wildman–Crippen LogP) is 3.01. The van der Waals surface area contributed by atoms with E-state index in [4.69, 9.17) is 16.3 Å². The lowest BCUT2D eigenvalue weighted by atomic mass is 10.1. The third-order valence-corrected chi connectivity index (χ3v) is 2.35. The van der Waals surface area contributed by atoms with Crippen LogP contribution in [0.15, 0.2) is 24.3 Å². The van der Waals surface area contributed by atoms with Gasteiger partial charge in [0.2, 0.25) is 0 Å². The van der Waals surface area contributed by atoms with E-state index in [0.717, 1.165) is 18.4 Å². The van der Waals surface area contributed by atoms with Crippen LogP contribution in [-0.2, 0) is 11.2 Å². The number of hydrogen-bond acceptors (Lipinski definition) is 1. The van der Waals surface area contributed by atoms with Gasteiger partial charge >= 0.3 is 0 Å². The van der Waals surface area contributed by atoms with Crippen molar-refractivity contribution in [1.29, 1.82) is 0 Å². The molecule has 1 nitrogen and oxygen atoms in total. The SMILES string of the molecule is COCC(Cl)CCc1ccc(F)cc1. The van der Waals surface area contributed by atoms with Gasteiger partial charge in [0.15, 0.2) is 0 Å². The van der Waals surface area contributed by atoms with Gasteiger partial charge in [-0.2, -0.15) is 0 Å². The molecule has 1 aromatic carbocycles. The van der Waals surface area contributed by atoms with Gasteiger partial charge in [-0.25, -0.2) is 4.39 Å². The highest BCUT2D eigenvalue weighted by atomic mass is 35.5. The van der Waals surface area contributed by atoms with Gasteiger partial charge in [0, 0.05) is 7.11 Å². The highest BCUT2D eigenvalue weighted by Gasteiger charge is 2.04. The Morgan fingerprint density at radius 2 is 2.00 bits per heavy atom. The van der Waals surface area contributed by atoms with E-state index < -0.39 is 0 Å². The molecule has 0 aliphatic carbocycles. The third-order valence-electron chi connectivity index (χ3n) is 2.01. The lowest BCUT2D eigenvalue weighted by molar-refractivity contribution is 0.195. The molecule has 3 heteroatoms. The molecule has 0 heterocycles. The Bertz CT molecular complexity index is 260. The first kappa shape index (κ1) is 11.5. The highest BCUT2D eigenvalue weighted by Crippen LogP contribution is 2.10. The number of ether oxygens (including phenoxy) is 1. The third kappa shape index (κ3) is 4.07. The Labute approximate surface area is 88.8 Å². The first-order chi connectivity index (χ1) is 6.72. The zero-order valence-electron chi connectivity index (χ0n) is 8.17. The van der Waals surface area contributed by atoms with Crippen molar-refractivity contribution < 1.29 is 9.13 Å². The number of halogens is 2. The molecule has 0 fully saturated rings. The zero-order chi connectivity index (χ0) is 10.4. The normalized spacial score (nSPS) is 12.8. The Balaban J connectivity index is 2.34. The summed E-state index contributed by atoms with van der Waals surface area (Å²) in [5.74, 6) is -0.201. The maximum Gasteiger partial charge on any atom is 0.123 e. The van der Waals surface area contributed by atoms with Crippen molar-refractivity contribution in [2.75, 3.05) is 13.7 Å². The summed E-state index contributed by atoms with van der Waals surface area (Å²) < 4.78 is 17.5. The fourth-order valence-electron chi connectivity index (χ4n) is 1.24. The molecule has 0 aliphatic rings. The van der Waals surface area contributed by atoms with Crippen molar-refractivity contribution in [2.45, 2.75) is 18.2 Å². The van der Waals surface area contributed by atoms with Gasteiger partial charge in [0.1, 0.15) is 5.82 Å². The summed E-state index contributed by atoms with van der Waals surface area (Å²) in [5.41, 5.74) is 1.10. The fraction of sp³-hybridized carbons (Fsp3) is 0.455. The molecule has 0 aliphatic heterocycles. The van der Waals surface area contributed by atoms with E-state index in [9.17, 15) is 4.39 Å². The van der Waals surface area contributed by atoms with Crippen molar-refractivity contribution in [1.82, 2.24) is 0 Å². The molecular weight excluding hydrogens is 203 g/mol. The zero-order valence-corrected chi connectivity index (χ0v) is 8.93. The Kier molecular flexibility index (Phi) is 4.91. The van der Waals surface area contributed by atoms with Crippen molar-refractivity contribution in [3.63, 3.8) is 0 Å². The topological polar surface area (TPSA) is 9.23 Å². The molecule has 1 rings (SSSR count). The lowest BCUT2D eigenvalue weighted by Gasteiger charge is -2.07. The van der Waals surface area contributed by atoms with E-state index in [-0.39, 0.29) is 11.2 Å². The summed E-state index contributed by atoms with van der Waals surface area (Å²) in [5, 5.41) is 0.0325. The summed E-state index contributed by atoms with van der Waals surface area (Å²) in [7, 11) is 1.63. The summed E-state index contributed by atoms with van der Waals surface area (Å²) in [6, 6.07) is 6.50. The molecular formula is C11H14ClFO. The second-order valence-corrected chi connectivity index (χ2v) is 3.83. The van der Waals surface area contributed by atoms with Gasteiger partial charge < -0.3 is 4.74 Å². The summed E-state index contributed by atoms with van der Waals surface area (Å²) >= 11 is 5.96. The van der Waals surface area contributed by atoms with Crippen molar-refractivity contribution in [2.24, 2.45) is 0 Å². The van der Waals surface area contributed by atoms with Crippen LogP contribution in [0, 0.1) is 5.82 Å². The van der Waals surface area contributed by atoms with Crippen molar-refractivity contribution in [3.8, 4) is 0 Å². The fourth-order valence-corrected chi connectivity index (χ4v) is 1.47. The summed E-state index contributed by atoms with van der Waals surface area (Å²) in [4.78, 5) is 0. The number of methoxy groups -OCH3 is 1. The van der Waals surface area contributed by atoms with Gasteiger partial charge in [-0.3, -0.25) is 0 Å². The summed E-state index contributed by atoms with van der Waals surface area (Å²) in [6.45, 7) is 0.558. The van der Waals surface area contributed by atoms with E-state index in [1.54, 1.807) is 19.2 Å². The van der Waals surface area contributed by atoms with Crippen molar-refractivity contribution >= 4 is 11.6 Å². The molecule has 14 heavy (non-hydrogen) atoms. The maximum atomic E-state index is 12.6.